The summed E-state index contributed by atoms with van der Waals surface area (Å²) >= 11 is 11.9. The maximum absolute atomic E-state index is 12.2. The van der Waals surface area contributed by atoms with Crippen LogP contribution in [0.1, 0.15) is 25.3 Å². The SMILES string of the molecule is CC(=O)N1CCN(C(=O)CCC(=O)NCc2ccc(Cl)cc2Cl)CC1. The molecule has 136 valence electrons. The average Bonchev–Trinajstić information content (AvgIpc) is 2.59. The monoisotopic (exact) mass is 385 g/mol. The van der Waals surface area contributed by atoms with E-state index in [9.17, 15) is 14.4 Å². The predicted molar refractivity (Wildman–Crippen MR) is 96.4 cm³/mol. The number of amides is 3. The second-order valence-electron chi connectivity index (χ2n) is 5.90. The second kappa shape index (κ2) is 9.06. The molecule has 2 rings (SSSR count). The number of nitrogens with one attached hydrogen (secondary N) is 1. The van der Waals surface area contributed by atoms with Gasteiger partial charge in [0.25, 0.3) is 0 Å². The zero-order valence-electron chi connectivity index (χ0n) is 14.1. The molecule has 1 aromatic carbocycles. The van der Waals surface area contributed by atoms with E-state index in [1.807, 2.05) is 0 Å². The first-order chi connectivity index (χ1) is 11.9. The summed E-state index contributed by atoms with van der Waals surface area (Å²) in [6.45, 7) is 3.93. The predicted octanol–water partition coefficient (Wildman–Crippen LogP) is 2.08. The molecular formula is C17H21Cl2N3O3. The van der Waals surface area contributed by atoms with Crippen molar-refractivity contribution in [3.05, 3.63) is 33.8 Å². The Morgan fingerprint density at radius 3 is 2.28 bits per heavy atom. The third-order valence-corrected chi connectivity index (χ3v) is 4.72. The van der Waals surface area contributed by atoms with Gasteiger partial charge >= 0.3 is 0 Å². The van der Waals surface area contributed by atoms with Gasteiger partial charge < -0.3 is 15.1 Å². The third-order valence-electron chi connectivity index (χ3n) is 4.13. The fraction of sp³-hybridized carbons (Fsp3) is 0.471. The minimum atomic E-state index is -0.207. The van der Waals surface area contributed by atoms with E-state index in [-0.39, 0.29) is 30.6 Å². The first-order valence-electron chi connectivity index (χ1n) is 8.10. The lowest BCUT2D eigenvalue weighted by Crippen LogP contribution is -2.50. The standard InChI is InChI=1S/C17H21Cl2N3O3/c1-12(23)21-6-8-22(9-7-21)17(25)5-4-16(24)20-11-13-2-3-14(18)10-15(13)19/h2-3,10H,4-9,11H2,1H3,(H,20,24). The van der Waals surface area contributed by atoms with Crippen LogP contribution in [0, 0.1) is 0 Å². The molecular weight excluding hydrogens is 365 g/mol. The van der Waals surface area contributed by atoms with Crippen LogP contribution in [0.15, 0.2) is 18.2 Å². The first kappa shape index (κ1) is 19.5. The van der Waals surface area contributed by atoms with Crippen LogP contribution in [0.25, 0.3) is 0 Å². The Morgan fingerprint density at radius 1 is 1.04 bits per heavy atom. The molecule has 0 radical (unpaired) electrons. The summed E-state index contributed by atoms with van der Waals surface area (Å²) in [6.07, 6.45) is 0.275. The molecule has 0 aromatic heterocycles. The molecule has 6 nitrogen and oxygen atoms in total. The second-order valence-corrected chi connectivity index (χ2v) is 6.74. The maximum Gasteiger partial charge on any atom is 0.223 e. The van der Waals surface area contributed by atoms with E-state index in [0.29, 0.717) is 42.8 Å². The highest BCUT2D eigenvalue weighted by Gasteiger charge is 2.22. The summed E-state index contributed by atoms with van der Waals surface area (Å²) in [7, 11) is 0. The lowest BCUT2D eigenvalue weighted by molar-refractivity contribution is -0.139. The van der Waals surface area contributed by atoms with Crippen molar-refractivity contribution >= 4 is 40.9 Å². The molecule has 0 unspecified atom stereocenters. The highest BCUT2D eigenvalue weighted by atomic mass is 35.5. The Balaban J connectivity index is 1.71. The molecule has 0 bridgehead atoms. The molecule has 0 spiro atoms. The van der Waals surface area contributed by atoms with Crippen LogP contribution in [0.3, 0.4) is 0 Å². The number of rotatable bonds is 5. The largest absolute Gasteiger partial charge is 0.352 e. The molecule has 25 heavy (non-hydrogen) atoms. The van der Waals surface area contributed by atoms with Crippen LogP contribution in [0.4, 0.5) is 0 Å². The van der Waals surface area contributed by atoms with Crippen molar-refractivity contribution in [2.24, 2.45) is 0 Å². The summed E-state index contributed by atoms with van der Waals surface area (Å²) < 4.78 is 0. The number of hydrogen-bond donors (Lipinski definition) is 1. The minimum absolute atomic E-state index is 0.0207. The van der Waals surface area contributed by atoms with Crippen molar-refractivity contribution in [3.8, 4) is 0 Å². The first-order valence-corrected chi connectivity index (χ1v) is 8.86. The molecule has 1 aromatic rings. The van der Waals surface area contributed by atoms with Crippen LogP contribution >= 0.6 is 23.2 Å². The topological polar surface area (TPSA) is 69.7 Å². The number of hydrogen-bond acceptors (Lipinski definition) is 3. The maximum atomic E-state index is 12.2. The average molecular weight is 386 g/mol. The van der Waals surface area contributed by atoms with Crippen LogP contribution < -0.4 is 5.32 Å². The molecule has 0 saturated carbocycles. The van der Waals surface area contributed by atoms with E-state index >= 15 is 0 Å². The molecule has 0 atom stereocenters. The number of carbonyl (C=O) groups is 3. The molecule has 0 aliphatic carbocycles. The molecule has 1 aliphatic rings. The smallest absolute Gasteiger partial charge is 0.223 e. The van der Waals surface area contributed by atoms with E-state index < -0.39 is 0 Å². The van der Waals surface area contributed by atoms with Gasteiger partial charge in [0.2, 0.25) is 17.7 Å². The summed E-state index contributed by atoms with van der Waals surface area (Å²) in [5, 5.41) is 3.78. The van der Waals surface area contributed by atoms with Crippen LogP contribution in [0.2, 0.25) is 10.0 Å². The Hall–Kier alpha value is -1.79. The van der Waals surface area contributed by atoms with Gasteiger partial charge in [-0.15, -0.1) is 0 Å². The molecule has 1 aliphatic heterocycles. The van der Waals surface area contributed by atoms with Crippen molar-refractivity contribution in [1.29, 1.82) is 0 Å². The van der Waals surface area contributed by atoms with Gasteiger partial charge in [-0.05, 0) is 17.7 Å². The van der Waals surface area contributed by atoms with Gasteiger partial charge in [0.05, 0.1) is 0 Å². The lowest BCUT2D eigenvalue weighted by atomic mass is 10.2. The third kappa shape index (κ3) is 5.90. The summed E-state index contributed by atoms with van der Waals surface area (Å²) in [5.74, 6) is -0.253. The van der Waals surface area contributed by atoms with Crippen molar-refractivity contribution < 1.29 is 14.4 Å². The van der Waals surface area contributed by atoms with Crippen molar-refractivity contribution in [2.75, 3.05) is 26.2 Å². The number of benzene rings is 1. The lowest BCUT2D eigenvalue weighted by Gasteiger charge is -2.34. The van der Waals surface area contributed by atoms with Gasteiger partial charge in [0.15, 0.2) is 0 Å². The zero-order valence-corrected chi connectivity index (χ0v) is 15.6. The number of piperazine rings is 1. The van der Waals surface area contributed by atoms with Gasteiger partial charge in [0, 0.05) is 62.5 Å². The van der Waals surface area contributed by atoms with Crippen molar-refractivity contribution in [3.63, 3.8) is 0 Å². The quantitative estimate of drug-likeness (QED) is 0.843. The van der Waals surface area contributed by atoms with Gasteiger partial charge in [-0.1, -0.05) is 29.3 Å². The molecule has 1 heterocycles. The summed E-state index contributed by atoms with van der Waals surface area (Å²) in [4.78, 5) is 38.8. The molecule has 1 fully saturated rings. The van der Waals surface area contributed by atoms with Crippen molar-refractivity contribution in [2.45, 2.75) is 26.3 Å². The summed E-state index contributed by atoms with van der Waals surface area (Å²) in [6, 6.07) is 5.08. The van der Waals surface area contributed by atoms with Gasteiger partial charge in [-0.2, -0.15) is 0 Å². The normalized spacial score (nSPS) is 14.4. The van der Waals surface area contributed by atoms with Gasteiger partial charge in [-0.3, -0.25) is 14.4 Å². The van der Waals surface area contributed by atoms with E-state index in [1.54, 1.807) is 28.0 Å². The zero-order chi connectivity index (χ0) is 18.4. The van der Waals surface area contributed by atoms with Gasteiger partial charge in [-0.25, -0.2) is 0 Å². The van der Waals surface area contributed by atoms with Crippen LogP contribution in [-0.2, 0) is 20.9 Å². The Morgan fingerprint density at radius 2 is 1.68 bits per heavy atom. The van der Waals surface area contributed by atoms with Crippen LogP contribution in [-0.4, -0.2) is 53.7 Å². The number of nitrogens with zero attached hydrogens (tertiary/aromatic N) is 2. The highest BCUT2D eigenvalue weighted by Crippen LogP contribution is 2.20. The molecule has 3 amide bonds. The minimum Gasteiger partial charge on any atom is -0.352 e. The van der Waals surface area contributed by atoms with E-state index in [1.165, 1.54) is 6.92 Å². The summed E-state index contributed by atoms with van der Waals surface area (Å²) in [5.41, 5.74) is 0.770. The molecule has 1 saturated heterocycles. The fourth-order valence-electron chi connectivity index (χ4n) is 2.60. The molecule has 1 N–H and O–H groups in total. The number of halogens is 2. The van der Waals surface area contributed by atoms with Crippen LogP contribution in [0.5, 0.6) is 0 Å². The Kier molecular flexibility index (Phi) is 7.08. The van der Waals surface area contributed by atoms with E-state index in [2.05, 4.69) is 5.32 Å². The van der Waals surface area contributed by atoms with E-state index in [0.717, 1.165) is 5.56 Å². The molecule has 8 heteroatoms. The Labute approximate surface area is 157 Å². The Bertz CT molecular complexity index is 659. The highest BCUT2D eigenvalue weighted by molar-refractivity contribution is 6.35. The van der Waals surface area contributed by atoms with Gasteiger partial charge in [0.1, 0.15) is 0 Å². The number of carbonyl (C=O) groups excluding carboxylic acids is 3. The van der Waals surface area contributed by atoms with Crippen molar-refractivity contribution in [1.82, 2.24) is 15.1 Å². The van der Waals surface area contributed by atoms with E-state index in [4.69, 9.17) is 23.2 Å². The fourth-order valence-corrected chi connectivity index (χ4v) is 3.07.